The molecule has 0 bridgehead atoms. The zero-order chi connectivity index (χ0) is 22.5. The van der Waals surface area contributed by atoms with Crippen LogP contribution in [0.5, 0.6) is 5.75 Å². The largest absolute Gasteiger partial charge is 0.484 e. The third-order valence-electron chi connectivity index (χ3n) is 4.98. The van der Waals surface area contributed by atoms with E-state index in [9.17, 15) is 9.59 Å². The van der Waals surface area contributed by atoms with Crippen molar-refractivity contribution in [2.45, 2.75) is 19.9 Å². The van der Waals surface area contributed by atoms with Crippen LogP contribution in [0.3, 0.4) is 0 Å². The minimum Gasteiger partial charge on any atom is -0.484 e. The van der Waals surface area contributed by atoms with E-state index in [1.165, 1.54) is 11.3 Å². The molecular weight excluding hydrogens is 450 g/mol. The molecule has 1 amide bonds. The highest BCUT2D eigenvalue weighted by Gasteiger charge is 2.29. The molecule has 1 aliphatic rings. The second-order valence-corrected chi connectivity index (χ2v) is 8.58. The quantitative estimate of drug-likeness (QED) is 0.402. The van der Waals surface area contributed by atoms with Crippen molar-refractivity contribution in [2.24, 2.45) is 0 Å². The number of para-hydroxylation sites is 1. The Labute approximate surface area is 194 Å². The van der Waals surface area contributed by atoms with Gasteiger partial charge < -0.3 is 19.7 Å². The van der Waals surface area contributed by atoms with E-state index in [4.69, 9.17) is 21.1 Å². The second kappa shape index (κ2) is 10.0. The minimum atomic E-state index is -0.425. The van der Waals surface area contributed by atoms with Crippen molar-refractivity contribution in [1.82, 2.24) is 4.98 Å². The molecule has 0 unspecified atom stereocenters. The summed E-state index contributed by atoms with van der Waals surface area (Å²) in [4.78, 5) is 32.6. The summed E-state index contributed by atoms with van der Waals surface area (Å²) in [6.07, 6.45) is 2.38. The van der Waals surface area contributed by atoms with Crippen molar-refractivity contribution in [3.8, 4) is 5.75 Å². The number of hydrogen-bond acceptors (Lipinski definition) is 7. The molecule has 0 fully saturated rings. The van der Waals surface area contributed by atoms with Gasteiger partial charge >= 0.3 is 5.97 Å². The van der Waals surface area contributed by atoms with Crippen molar-refractivity contribution in [2.75, 3.05) is 30.0 Å². The van der Waals surface area contributed by atoms with Crippen LogP contribution in [0.2, 0.25) is 5.15 Å². The highest BCUT2D eigenvalue weighted by Crippen LogP contribution is 2.38. The number of nitrogens with one attached hydrogen (secondary N) is 1. The fraction of sp³-hybridized carbons (Fsp3) is 0.261. The van der Waals surface area contributed by atoms with Crippen LogP contribution < -0.4 is 15.0 Å². The predicted molar refractivity (Wildman–Crippen MR) is 125 cm³/mol. The number of halogens is 1. The number of anilines is 2. The number of rotatable bonds is 7. The van der Waals surface area contributed by atoms with Crippen LogP contribution in [-0.2, 0) is 22.5 Å². The summed E-state index contributed by atoms with van der Waals surface area (Å²) < 4.78 is 10.8. The Morgan fingerprint density at radius 1 is 1.22 bits per heavy atom. The van der Waals surface area contributed by atoms with Crippen molar-refractivity contribution in [1.29, 1.82) is 0 Å². The maximum absolute atomic E-state index is 12.7. The Hall–Kier alpha value is -3.10. The summed E-state index contributed by atoms with van der Waals surface area (Å²) in [6.45, 7) is 3.18. The van der Waals surface area contributed by atoms with Crippen LogP contribution in [0.25, 0.3) is 0 Å². The fourth-order valence-electron chi connectivity index (χ4n) is 3.51. The first-order chi connectivity index (χ1) is 15.5. The smallest absolute Gasteiger partial charge is 0.341 e. The van der Waals surface area contributed by atoms with Gasteiger partial charge in [-0.3, -0.25) is 4.79 Å². The summed E-state index contributed by atoms with van der Waals surface area (Å²) in [5.74, 6) is -0.159. The summed E-state index contributed by atoms with van der Waals surface area (Å²) >= 11 is 7.30. The SMILES string of the molecule is CCOC(=O)c1c(NC(=O)COc2ccccc2)sc2c1CCN(c1ccc(Cl)nc1)C2. The van der Waals surface area contributed by atoms with E-state index >= 15 is 0 Å². The Bertz CT molecular complexity index is 1100. The molecule has 0 radical (unpaired) electrons. The monoisotopic (exact) mass is 471 g/mol. The average molecular weight is 472 g/mol. The molecule has 0 spiro atoms. The molecule has 1 aromatic carbocycles. The van der Waals surface area contributed by atoms with Crippen LogP contribution in [0, 0.1) is 0 Å². The molecule has 1 N–H and O–H groups in total. The molecule has 1 aliphatic heterocycles. The van der Waals surface area contributed by atoms with Gasteiger partial charge in [-0.15, -0.1) is 11.3 Å². The van der Waals surface area contributed by atoms with E-state index < -0.39 is 5.97 Å². The first-order valence-corrected chi connectivity index (χ1v) is 11.4. The van der Waals surface area contributed by atoms with Crippen LogP contribution >= 0.6 is 22.9 Å². The highest BCUT2D eigenvalue weighted by atomic mass is 35.5. The number of carbonyl (C=O) groups excluding carboxylic acids is 2. The summed E-state index contributed by atoms with van der Waals surface area (Å²) in [6, 6.07) is 12.8. The number of hydrogen-bond donors (Lipinski definition) is 1. The molecule has 0 aliphatic carbocycles. The van der Waals surface area contributed by atoms with Gasteiger partial charge in [0.1, 0.15) is 15.9 Å². The topological polar surface area (TPSA) is 80.8 Å². The number of ether oxygens (including phenoxy) is 2. The molecule has 166 valence electrons. The molecule has 0 saturated carbocycles. The Balaban J connectivity index is 1.53. The fourth-order valence-corrected chi connectivity index (χ4v) is 4.89. The van der Waals surface area contributed by atoms with E-state index in [0.29, 0.717) is 41.0 Å². The molecule has 2 aromatic heterocycles. The van der Waals surface area contributed by atoms with E-state index in [1.54, 1.807) is 31.3 Å². The first kappa shape index (κ1) is 22.1. The van der Waals surface area contributed by atoms with Crippen LogP contribution in [0.1, 0.15) is 27.7 Å². The standard InChI is InChI=1S/C23H22ClN3O4S/c1-2-30-23(29)21-17-10-11-27(15-8-9-19(24)25-12-15)13-18(17)32-22(21)26-20(28)14-31-16-6-4-3-5-7-16/h3-9,12H,2,10-11,13-14H2,1H3,(H,26,28). The molecule has 9 heteroatoms. The van der Waals surface area contributed by atoms with Gasteiger partial charge in [0.15, 0.2) is 6.61 Å². The number of aromatic nitrogens is 1. The number of thiophene rings is 1. The summed E-state index contributed by atoms with van der Waals surface area (Å²) in [5.41, 5.74) is 2.31. The lowest BCUT2D eigenvalue weighted by atomic mass is 10.0. The molecule has 7 nitrogen and oxygen atoms in total. The van der Waals surface area contributed by atoms with Crippen LogP contribution in [0.4, 0.5) is 10.7 Å². The number of carbonyl (C=O) groups is 2. The molecule has 0 atom stereocenters. The van der Waals surface area contributed by atoms with Crippen molar-refractivity contribution >= 4 is 45.5 Å². The summed E-state index contributed by atoms with van der Waals surface area (Å²) in [7, 11) is 0. The number of pyridine rings is 1. The number of nitrogens with zero attached hydrogens (tertiary/aromatic N) is 2. The summed E-state index contributed by atoms with van der Waals surface area (Å²) in [5, 5.41) is 3.78. The van der Waals surface area contributed by atoms with Gasteiger partial charge in [0.25, 0.3) is 5.91 Å². The van der Waals surface area contributed by atoms with Gasteiger partial charge in [-0.05, 0) is 43.2 Å². The van der Waals surface area contributed by atoms with Crippen molar-refractivity contribution < 1.29 is 19.1 Å². The Morgan fingerprint density at radius 2 is 2.03 bits per heavy atom. The Morgan fingerprint density at radius 3 is 2.75 bits per heavy atom. The number of benzene rings is 1. The number of esters is 1. The molecule has 0 saturated heterocycles. The lowest BCUT2D eigenvalue weighted by Crippen LogP contribution is -2.30. The van der Waals surface area contributed by atoms with Crippen molar-refractivity contribution in [3.63, 3.8) is 0 Å². The lowest BCUT2D eigenvalue weighted by molar-refractivity contribution is -0.118. The molecule has 4 rings (SSSR count). The highest BCUT2D eigenvalue weighted by molar-refractivity contribution is 7.17. The zero-order valence-corrected chi connectivity index (χ0v) is 19.0. The zero-order valence-electron chi connectivity index (χ0n) is 17.5. The van der Waals surface area contributed by atoms with Crippen LogP contribution in [-0.4, -0.2) is 36.6 Å². The first-order valence-electron chi connectivity index (χ1n) is 10.2. The van der Waals surface area contributed by atoms with Crippen molar-refractivity contribution in [3.05, 3.63) is 69.8 Å². The second-order valence-electron chi connectivity index (χ2n) is 7.09. The lowest BCUT2D eigenvalue weighted by Gasteiger charge is -2.28. The van der Waals surface area contributed by atoms with Gasteiger partial charge in [0, 0.05) is 11.4 Å². The van der Waals surface area contributed by atoms with Gasteiger partial charge in [-0.25, -0.2) is 9.78 Å². The third kappa shape index (κ3) is 5.03. The molecular formula is C23H22ClN3O4S. The van der Waals surface area contributed by atoms with E-state index in [0.717, 1.165) is 16.1 Å². The minimum absolute atomic E-state index is 0.155. The number of amides is 1. The van der Waals surface area contributed by atoms with E-state index in [-0.39, 0.29) is 19.1 Å². The Kier molecular flexibility index (Phi) is 6.92. The third-order valence-corrected chi connectivity index (χ3v) is 6.34. The van der Waals surface area contributed by atoms with E-state index in [1.807, 2.05) is 24.3 Å². The molecule has 3 aromatic rings. The van der Waals surface area contributed by atoms with Gasteiger partial charge in [0.05, 0.1) is 30.6 Å². The van der Waals surface area contributed by atoms with Gasteiger partial charge in [0.2, 0.25) is 0 Å². The maximum atomic E-state index is 12.7. The molecule has 32 heavy (non-hydrogen) atoms. The van der Waals surface area contributed by atoms with E-state index in [2.05, 4.69) is 15.2 Å². The normalized spacial score (nSPS) is 12.8. The van der Waals surface area contributed by atoms with Gasteiger partial charge in [-0.2, -0.15) is 0 Å². The molecule has 3 heterocycles. The maximum Gasteiger partial charge on any atom is 0.341 e. The van der Waals surface area contributed by atoms with Crippen LogP contribution in [0.15, 0.2) is 48.7 Å². The van der Waals surface area contributed by atoms with Gasteiger partial charge in [-0.1, -0.05) is 29.8 Å². The number of fused-ring (bicyclic) bond motifs is 1. The predicted octanol–water partition coefficient (Wildman–Crippen LogP) is 4.55. The average Bonchev–Trinajstić information content (AvgIpc) is 3.16.